The zero-order valence-electron chi connectivity index (χ0n) is 11.1. The van der Waals surface area contributed by atoms with Gasteiger partial charge in [0.05, 0.1) is 0 Å². The summed E-state index contributed by atoms with van der Waals surface area (Å²) < 4.78 is 0. The molecule has 2 fully saturated rings. The van der Waals surface area contributed by atoms with Crippen molar-refractivity contribution in [3.8, 4) is 0 Å². The summed E-state index contributed by atoms with van der Waals surface area (Å²) in [7, 11) is 0. The fraction of sp³-hybridized carbons (Fsp3) is 0.533. The molecule has 1 aromatic rings. The van der Waals surface area contributed by atoms with Gasteiger partial charge in [0, 0.05) is 17.8 Å². The second-order valence-corrected chi connectivity index (χ2v) is 5.87. The van der Waals surface area contributed by atoms with Crippen molar-refractivity contribution >= 4 is 11.6 Å². The molecule has 102 valence electrons. The van der Waals surface area contributed by atoms with E-state index < -0.39 is 0 Å². The first-order chi connectivity index (χ1) is 9.26. The number of nitrogen functional groups attached to an aromatic ring is 1. The summed E-state index contributed by atoms with van der Waals surface area (Å²) in [6.45, 7) is 0.830. The van der Waals surface area contributed by atoms with E-state index in [9.17, 15) is 4.79 Å². The summed E-state index contributed by atoms with van der Waals surface area (Å²) in [5.74, 6) is 7.81. The second-order valence-electron chi connectivity index (χ2n) is 5.87. The predicted molar refractivity (Wildman–Crippen MR) is 75.5 cm³/mol. The molecule has 19 heavy (non-hydrogen) atoms. The Balaban J connectivity index is 1.53. The van der Waals surface area contributed by atoms with Gasteiger partial charge in [-0.2, -0.15) is 0 Å². The van der Waals surface area contributed by atoms with Crippen molar-refractivity contribution in [1.82, 2.24) is 5.32 Å². The first kappa shape index (κ1) is 12.5. The summed E-state index contributed by atoms with van der Waals surface area (Å²) in [6.07, 6.45) is 5.46. The fourth-order valence-corrected chi connectivity index (χ4v) is 3.67. The number of anilines is 1. The van der Waals surface area contributed by atoms with Crippen molar-refractivity contribution in [1.29, 1.82) is 0 Å². The molecule has 0 aromatic heterocycles. The Bertz CT molecular complexity index is 457. The van der Waals surface area contributed by atoms with Crippen LogP contribution in [0.1, 0.15) is 36.0 Å². The lowest BCUT2D eigenvalue weighted by molar-refractivity contribution is 0.0942. The third kappa shape index (κ3) is 2.59. The summed E-state index contributed by atoms with van der Waals surface area (Å²) in [5, 5.41) is 3.07. The number of hydrogen-bond acceptors (Lipinski definition) is 3. The highest BCUT2D eigenvalue weighted by Crippen LogP contribution is 2.47. The van der Waals surface area contributed by atoms with Crippen molar-refractivity contribution in [2.75, 3.05) is 12.0 Å². The van der Waals surface area contributed by atoms with Gasteiger partial charge in [-0.25, -0.2) is 0 Å². The minimum atomic E-state index is 0.0198. The van der Waals surface area contributed by atoms with Gasteiger partial charge in [0.15, 0.2) is 0 Å². The van der Waals surface area contributed by atoms with Crippen LogP contribution < -0.4 is 16.6 Å². The molecule has 4 nitrogen and oxygen atoms in total. The van der Waals surface area contributed by atoms with E-state index in [-0.39, 0.29) is 5.91 Å². The van der Waals surface area contributed by atoms with E-state index in [1.54, 1.807) is 12.1 Å². The van der Waals surface area contributed by atoms with Crippen molar-refractivity contribution in [3.05, 3.63) is 29.8 Å². The van der Waals surface area contributed by atoms with Crippen LogP contribution in [0.5, 0.6) is 0 Å². The van der Waals surface area contributed by atoms with Gasteiger partial charge < -0.3 is 10.7 Å². The van der Waals surface area contributed by atoms with Crippen LogP contribution in [0, 0.1) is 17.8 Å². The summed E-state index contributed by atoms with van der Waals surface area (Å²) in [6, 6.07) is 7.22. The molecule has 3 unspecified atom stereocenters. The average molecular weight is 259 g/mol. The zero-order chi connectivity index (χ0) is 13.2. The number of hydrogen-bond donors (Lipinski definition) is 3. The van der Waals surface area contributed by atoms with Crippen LogP contribution in [0.4, 0.5) is 5.69 Å². The molecular formula is C15H21N3O. The van der Waals surface area contributed by atoms with Crippen LogP contribution in [0.15, 0.2) is 24.3 Å². The highest BCUT2D eigenvalue weighted by Gasteiger charge is 2.39. The molecule has 2 aliphatic carbocycles. The number of benzene rings is 1. The smallest absolute Gasteiger partial charge is 0.251 e. The number of rotatable bonds is 4. The molecule has 2 aliphatic rings. The maximum Gasteiger partial charge on any atom is 0.251 e. The van der Waals surface area contributed by atoms with Gasteiger partial charge in [0.1, 0.15) is 0 Å². The number of fused-ring (bicyclic) bond motifs is 2. The largest absolute Gasteiger partial charge is 0.352 e. The monoisotopic (exact) mass is 259 g/mol. The molecule has 0 radical (unpaired) electrons. The van der Waals surface area contributed by atoms with Crippen LogP contribution in [0.3, 0.4) is 0 Å². The van der Waals surface area contributed by atoms with Crippen molar-refractivity contribution < 1.29 is 4.79 Å². The van der Waals surface area contributed by atoms with Gasteiger partial charge >= 0.3 is 0 Å². The van der Waals surface area contributed by atoms with E-state index in [1.165, 1.54) is 25.7 Å². The van der Waals surface area contributed by atoms with E-state index in [1.807, 2.05) is 12.1 Å². The summed E-state index contributed by atoms with van der Waals surface area (Å²) >= 11 is 0. The van der Waals surface area contributed by atoms with Crippen molar-refractivity contribution in [2.24, 2.45) is 23.6 Å². The third-order valence-corrected chi connectivity index (χ3v) is 4.72. The molecule has 2 saturated carbocycles. The maximum atomic E-state index is 12.0. The molecule has 0 saturated heterocycles. The minimum Gasteiger partial charge on any atom is -0.352 e. The van der Waals surface area contributed by atoms with Crippen LogP contribution in [0.2, 0.25) is 0 Å². The van der Waals surface area contributed by atoms with Gasteiger partial charge in [-0.1, -0.05) is 6.42 Å². The van der Waals surface area contributed by atoms with E-state index in [2.05, 4.69) is 10.7 Å². The molecule has 3 rings (SSSR count). The molecular weight excluding hydrogens is 238 g/mol. The third-order valence-electron chi connectivity index (χ3n) is 4.72. The van der Waals surface area contributed by atoms with Crippen molar-refractivity contribution in [3.63, 3.8) is 0 Å². The Labute approximate surface area is 113 Å². The SMILES string of the molecule is NNc1ccc(C(=O)NCC2CC3CCC2C3)cc1. The van der Waals surface area contributed by atoms with Gasteiger partial charge in [-0.05, 0) is 61.3 Å². The number of hydrazine groups is 1. The van der Waals surface area contributed by atoms with Gasteiger partial charge in [0.25, 0.3) is 5.91 Å². The minimum absolute atomic E-state index is 0.0198. The molecule has 4 N–H and O–H groups in total. The standard InChI is InChI=1S/C15H21N3O/c16-18-14-5-3-11(4-6-14)15(19)17-9-13-8-10-1-2-12(13)7-10/h3-6,10,12-13,18H,1-2,7-9,16H2,(H,17,19). The Morgan fingerprint density at radius 3 is 2.58 bits per heavy atom. The van der Waals surface area contributed by atoms with Crippen LogP contribution in [-0.4, -0.2) is 12.5 Å². The Morgan fingerprint density at radius 2 is 2.00 bits per heavy atom. The quantitative estimate of drug-likeness (QED) is 0.573. The molecule has 3 atom stereocenters. The predicted octanol–water partition coefficient (Wildman–Crippen LogP) is 2.14. The Morgan fingerprint density at radius 1 is 1.21 bits per heavy atom. The molecule has 0 spiro atoms. The van der Waals surface area contributed by atoms with E-state index >= 15 is 0 Å². The molecule has 2 bridgehead atoms. The van der Waals surface area contributed by atoms with Crippen LogP contribution in [-0.2, 0) is 0 Å². The normalized spacial score (nSPS) is 28.4. The first-order valence-electron chi connectivity index (χ1n) is 7.11. The topological polar surface area (TPSA) is 67.1 Å². The Hall–Kier alpha value is -1.55. The van der Waals surface area contributed by atoms with Gasteiger partial charge in [0.2, 0.25) is 0 Å². The summed E-state index contributed by atoms with van der Waals surface area (Å²) in [5.41, 5.74) is 4.06. The Kier molecular flexibility index (Phi) is 3.42. The average Bonchev–Trinajstić information content (AvgIpc) is 3.07. The molecule has 1 aromatic carbocycles. The number of carbonyl (C=O) groups excluding carboxylic acids is 1. The van der Waals surface area contributed by atoms with Crippen LogP contribution in [0.25, 0.3) is 0 Å². The lowest BCUT2D eigenvalue weighted by Crippen LogP contribution is -2.31. The number of nitrogens with two attached hydrogens (primary N) is 1. The van der Waals surface area contributed by atoms with Crippen molar-refractivity contribution in [2.45, 2.75) is 25.7 Å². The van der Waals surface area contributed by atoms with Gasteiger partial charge in [-0.3, -0.25) is 10.6 Å². The molecule has 0 heterocycles. The molecule has 1 amide bonds. The number of carbonyl (C=O) groups is 1. The highest BCUT2D eigenvalue weighted by atomic mass is 16.1. The maximum absolute atomic E-state index is 12.0. The number of nitrogens with one attached hydrogen (secondary N) is 2. The lowest BCUT2D eigenvalue weighted by Gasteiger charge is -2.21. The van der Waals surface area contributed by atoms with E-state index in [4.69, 9.17) is 5.84 Å². The lowest BCUT2D eigenvalue weighted by atomic mass is 9.89. The zero-order valence-corrected chi connectivity index (χ0v) is 11.1. The number of amides is 1. The molecule has 0 aliphatic heterocycles. The van der Waals surface area contributed by atoms with E-state index in [0.29, 0.717) is 11.5 Å². The van der Waals surface area contributed by atoms with Crippen LogP contribution >= 0.6 is 0 Å². The first-order valence-corrected chi connectivity index (χ1v) is 7.11. The van der Waals surface area contributed by atoms with E-state index in [0.717, 1.165) is 24.1 Å². The fourth-order valence-electron chi connectivity index (χ4n) is 3.67. The molecule has 4 heteroatoms. The van der Waals surface area contributed by atoms with Gasteiger partial charge in [-0.15, -0.1) is 0 Å². The highest BCUT2D eigenvalue weighted by molar-refractivity contribution is 5.94. The summed E-state index contributed by atoms with van der Waals surface area (Å²) in [4.78, 5) is 12.0. The second kappa shape index (κ2) is 5.21.